The zero-order valence-electron chi connectivity index (χ0n) is 16.2. The third kappa shape index (κ3) is 9.15. The van der Waals surface area contributed by atoms with Crippen molar-refractivity contribution in [2.24, 2.45) is 0 Å². The summed E-state index contributed by atoms with van der Waals surface area (Å²) < 4.78 is 5.21. The van der Waals surface area contributed by atoms with Crippen molar-refractivity contribution in [3.05, 3.63) is 108 Å². The summed E-state index contributed by atoms with van der Waals surface area (Å²) >= 11 is 0. The fourth-order valence-electron chi connectivity index (χ4n) is 2.67. The molecule has 0 aliphatic carbocycles. The van der Waals surface area contributed by atoms with Crippen molar-refractivity contribution >= 4 is 5.97 Å². The standard InChI is InChI=1S/C16H16O2.C9H12O/c17-16(13-15-9-5-2-6-10-15)18-12-11-14-7-3-1-4-8-14;10-8-4-7-9-5-2-1-3-6-9/h1-10H,11-13H2;1-3,5-6,10H,4,7-8H2. The maximum Gasteiger partial charge on any atom is 0.310 e. The minimum absolute atomic E-state index is 0.169. The number of hydrogen-bond donors (Lipinski definition) is 1. The van der Waals surface area contributed by atoms with Gasteiger partial charge >= 0.3 is 5.97 Å². The van der Waals surface area contributed by atoms with Crippen LogP contribution in [0.5, 0.6) is 0 Å². The van der Waals surface area contributed by atoms with Crippen molar-refractivity contribution in [3.8, 4) is 0 Å². The van der Waals surface area contributed by atoms with Crippen LogP contribution in [0.1, 0.15) is 23.1 Å². The number of aliphatic hydroxyl groups excluding tert-OH is 1. The van der Waals surface area contributed by atoms with Gasteiger partial charge < -0.3 is 9.84 Å². The molecule has 0 radical (unpaired) electrons. The quantitative estimate of drug-likeness (QED) is 0.583. The van der Waals surface area contributed by atoms with Crippen LogP contribution in [-0.4, -0.2) is 24.3 Å². The molecule has 3 nitrogen and oxygen atoms in total. The van der Waals surface area contributed by atoms with Crippen molar-refractivity contribution in [2.75, 3.05) is 13.2 Å². The first-order valence-electron chi connectivity index (χ1n) is 9.66. The second kappa shape index (κ2) is 13.3. The molecule has 3 aromatic carbocycles. The van der Waals surface area contributed by atoms with Crippen LogP contribution in [0.3, 0.4) is 0 Å². The molecule has 28 heavy (non-hydrogen) atoms. The number of esters is 1. The zero-order valence-corrected chi connectivity index (χ0v) is 16.2. The summed E-state index contributed by atoms with van der Waals surface area (Å²) in [4.78, 5) is 11.6. The van der Waals surface area contributed by atoms with Crippen molar-refractivity contribution in [3.63, 3.8) is 0 Å². The number of carbonyl (C=O) groups excluding carboxylic acids is 1. The van der Waals surface area contributed by atoms with Crippen LogP contribution in [-0.2, 0) is 28.8 Å². The number of aryl methyl sites for hydroxylation is 1. The van der Waals surface area contributed by atoms with Gasteiger partial charge in [-0.25, -0.2) is 0 Å². The highest BCUT2D eigenvalue weighted by Gasteiger charge is 2.04. The molecule has 0 amide bonds. The summed E-state index contributed by atoms with van der Waals surface area (Å²) in [7, 11) is 0. The van der Waals surface area contributed by atoms with Crippen LogP contribution in [0, 0.1) is 0 Å². The van der Waals surface area contributed by atoms with Crippen LogP contribution in [0.4, 0.5) is 0 Å². The minimum atomic E-state index is -0.169. The van der Waals surface area contributed by atoms with Gasteiger partial charge in [0.2, 0.25) is 0 Å². The Hall–Kier alpha value is -2.91. The average Bonchev–Trinajstić information content (AvgIpc) is 2.75. The maximum absolute atomic E-state index is 11.6. The van der Waals surface area contributed by atoms with E-state index in [1.807, 2.05) is 78.9 Å². The van der Waals surface area contributed by atoms with Crippen LogP contribution < -0.4 is 0 Å². The van der Waals surface area contributed by atoms with Crippen molar-refractivity contribution < 1.29 is 14.6 Å². The largest absolute Gasteiger partial charge is 0.465 e. The lowest BCUT2D eigenvalue weighted by Crippen LogP contribution is -2.10. The van der Waals surface area contributed by atoms with E-state index in [4.69, 9.17) is 9.84 Å². The first kappa shape index (κ1) is 21.4. The molecule has 3 rings (SSSR count). The monoisotopic (exact) mass is 376 g/mol. The molecule has 0 unspecified atom stereocenters. The first-order chi connectivity index (χ1) is 13.8. The molecule has 3 aromatic rings. The molecular formula is C25H28O3. The second-order valence-electron chi connectivity index (χ2n) is 6.43. The van der Waals surface area contributed by atoms with E-state index in [1.165, 1.54) is 11.1 Å². The number of aliphatic hydroxyl groups is 1. The Bertz CT molecular complexity index is 771. The summed E-state index contributed by atoms with van der Waals surface area (Å²) in [6.07, 6.45) is 2.96. The van der Waals surface area contributed by atoms with E-state index < -0.39 is 0 Å². The molecule has 0 fully saturated rings. The molecule has 0 atom stereocenters. The molecule has 0 aromatic heterocycles. The lowest BCUT2D eigenvalue weighted by atomic mass is 10.1. The lowest BCUT2D eigenvalue weighted by molar-refractivity contribution is -0.142. The Morgan fingerprint density at radius 3 is 1.64 bits per heavy atom. The van der Waals surface area contributed by atoms with E-state index >= 15 is 0 Å². The lowest BCUT2D eigenvalue weighted by Gasteiger charge is -2.05. The van der Waals surface area contributed by atoms with Crippen LogP contribution in [0.15, 0.2) is 91.0 Å². The van der Waals surface area contributed by atoms with Gasteiger partial charge in [0.25, 0.3) is 0 Å². The Kier molecular flexibility index (Phi) is 10.2. The highest BCUT2D eigenvalue weighted by Crippen LogP contribution is 2.03. The van der Waals surface area contributed by atoms with Crippen LogP contribution >= 0.6 is 0 Å². The fraction of sp³-hybridized carbons (Fsp3) is 0.240. The van der Waals surface area contributed by atoms with Gasteiger partial charge in [-0.05, 0) is 29.5 Å². The number of benzene rings is 3. The third-order valence-corrected chi connectivity index (χ3v) is 4.15. The van der Waals surface area contributed by atoms with Gasteiger partial charge in [-0.1, -0.05) is 91.0 Å². The molecule has 0 spiro atoms. The average molecular weight is 376 g/mol. The molecule has 0 saturated carbocycles. The van der Waals surface area contributed by atoms with Crippen molar-refractivity contribution in [2.45, 2.75) is 25.7 Å². The Morgan fingerprint density at radius 2 is 1.14 bits per heavy atom. The van der Waals surface area contributed by atoms with Gasteiger partial charge in [0.05, 0.1) is 13.0 Å². The molecule has 0 aliphatic rings. The molecule has 146 valence electrons. The first-order valence-corrected chi connectivity index (χ1v) is 9.66. The predicted molar refractivity (Wildman–Crippen MR) is 113 cm³/mol. The SMILES string of the molecule is O=C(Cc1ccccc1)OCCc1ccccc1.OCCCc1ccccc1. The number of carbonyl (C=O) groups is 1. The zero-order chi connectivity index (χ0) is 19.9. The van der Waals surface area contributed by atoms with E-state index in [0.717, 1.165) is 24.8 Å². The van der Waals surface area contributed by atoms with Crippen molar-refractivity contribution in [1.29, 1.82) is 0 Å². The van der Waals surface area contributed by atoms with E-state index in [2.05, 4.69) is 12.1 Å². The molecule has 0 bridgehead atoms. The molecular weight excluding hydrogens is 348 g/mol. The minimum Gasteiger partial charge on any atom is -0.465 e. The van der Waals surface area contributed by atoms with E-state index in [1.54, 1.807) is 0 Å². The summed E-state index contributed by atoms with van der Waals surface area (Å²) in [5.41, 5.74) is 3.48. The summed E-state index contributed by atoms with van der Waals surface area (Å²) in [5.74, 6) is -0.169. The number of hydrogen-bond acceptors (Lipinski definition) is 3. The van der Waals surface area contributed by atoms with E-state index in [9.17, 15) is 4.79 Å². The Balaban J connectivity index is 0.000000237. The van der Waals surface area contributed by atoms with Gasteiger partial charge in [-0.15, -0.1) is 0 Å². The highest BCUT2D eigenvalue weighted by molar-refractivity contribution is 5.72. The second-order valence-corrected chi connectivity index (χ2v) is 6.43. The third-order valence-electron chi connectivity index (χ3n) is 4.15. The van der Waals surface area contributed by atoms with Gasteiger partial charge in [0, 0.05) is 13.0 Å². The molecule has 1 N–H and O–H groups in total. The topological polar surface area (TPSA) is 46.5 Å². The van der Waals surface area contributed by atoms with Crippen LogP contribution in [0.2, 0.25) is 0 Å². The van der Waals surface area contributed by atoms with Gasteiger partial charge in [-0.2, -0.15) is 0 Å². The number of rotatable bonds is 8. The van der Waals surface area contributed by atoms with Crippen LogP contribution in [0.25, 0.3) is 0 Å². The molecule has 0 heterocycles. The fourth-order valence-corrected chi connectivity index (χ4v) is 2.67. The Labute approximate surface area is 167 Å². The number of ether oxygens (including phenoxy) is 1. The Morgan fingerprint density at radius 1 is 0.679 bits per heavy atom. The molecule has 0 saturated heterocycles. The molecule has 3 heteroatoms. The maximum atomic E-state index is 11.6. The summed E-state index contributed by atoms with van der Waals surface area (Å²) in [6.45, 7) is 0.727. The summed E-state index contributed by atoms with van der Waals surface area (Å²) in [5, 5.41) is 8.53. The summed E-state index contributed by atoms with van der Waals surface area (Å²) in [6, 6.07) is 29.9. The molecule has 0 aliphatic heterocycles. The van der Waals surface area contributed by atoms with E-state index in [-0.39, 0.29) is 12.6 Å². The van der Waals surface area contributed by atoms with Crippen molar-refractivity contribution in [1.82, 2.24) is 0 Å². The normalized spacial score (nSPS) is 9.89. The predicted octanol–water partition coefficient (Wildman–Crippen LogP) is 4.63. The highest BCUT2D eigenvalue weighted by atomic mass is 16.5. The van der Waals surface area contributed by atoms with E-state index in [0.29, 0.717) is 13.0 Å². The van der Waals surface area contributed by atoms with Gasteiger partial charge in [0.1, 0.15) is 0 Å². The smallest absolute Gasteiger partial charge is 0.310 e. The van der Waals surface area contributed by atoms with Gasteiger partial charge in [-0.3, -0.25) is 4.79 Å². The van der Waals surface area contributed by atoms with Gasteiger partial charge in [0.15, 0.2) is 0 Å².